The maximum Gasteiger partial charge on any atom is 0.328 e. The number of hydrogen-bond donors (Lipinski definition) is 4. The lowest BCUT2D eigenvalue weighted by molar-refractivity contribution is -0.138. The number of benzene rings is 4. The number of fused-ring (bicyclic) bond motifs is 2. The van der Waals surface area contributed by atoms with Crippen molar-refractivity contribution in [1.82, 2.24) is 20.4 Å². The van der Waals surface area contributed by atoms with Crippen LogP contribution in [0.3, 0.4) is 0 Å². The summed E-state index contributed by atoms with van der Waals surface area (Å²) in [4.78, 5) is 56.7. The zero-order valence-electron chi connectivity index (χ0n) is 40.3. The molecule has 5 aliphatic rings. The minimum Gasteiger partial charge on any atom is -0.488 e. The molecule has 386 valence electrons. The Bertz CT molecular complexity index is 2960. The van der Waals surface area contributed by atoms with Gasteiger partial charge in [-0.3, -0.25) is 24.6 Å². The van der Waals surface area contributed by atoms with Crippen molar-refractivity contribution in [3.05, 3.63) is 111 Å². The smallest absolute Gasteiger partial charge is 0.328 e. The fourth-order valence-electron chi connectivity index (χ4n) is 12.1. The van der Waals surface area contributed by atoms with Crippen LogP contribution in [-0.2, 0) is 15.2 Å². The van der Waals surface area contributed by atoms with Gasteiger partial charge >= 0.3 is 6.03 Å². The van der Waals surface area contributed by atoms with Gasteiger partial charge in [0.2, 0.25) is 17.7 Å². The van der Waals surface area contributed by atoms with Gasteiger partial charge in [0.15, 0.2) is 17.2 Å². The second-order valence-electron chi connectivity index (χ2n) is 19.9. The van der Waals surface area contributed by atoms with Crippen LogP contribution in [0, 0.1) is 29.2 Å². The molecule has 5 aromatic rings. The van der Waals surface area contributed by atoms with Crippen LogP contribution >= 0.6 is 22.9 Å². The molecule has 5 N–H and O–H groups in total. The zero-order chi connectivity index (χ0) is 51.3. The number of anilines is 1. The van der Waals surface area contributed by atoms with Gasteiger partial charge in [0.1, 0.15) is 29.8 Å². The van der Waals surface area contributed by atoms with Crippen molar-refractivity contribution in [1.29, 1.82) is 0 Å². The minimum absolute atomic E-state index is 0.0272. The van der Waals surface area contributed by atoms with Gasteiger partial charge < -0.3 is 35.4 Å². The number of imide groups is 1. The fourth-order valence-corrected chi connectivity index (χ4v) is 13.3. The van der Waals surface area contributed by atoms with E-state index < -0.39 is 58.4 Å². The molecule has 1 aliphatic carbocycles. The van der Waals surface area contributed by atoms with E-state index in [0.717, 1.165) is 42.6 Å². The molecule has 2 atom stereocenters. The van der Waals surface area contributed by atoms with E-state index in [1.807, 2.05) is 42.2 Å². The third-order valence-corrected chi connectivity index (χ3v) is 17.3. The first-order chi connectivity index (χ1) is 35.2. The van der Waals surface area contributed by atoms with E-state index in [1.165, 1.54) is 29.2 Å². The Morgan fingerprint density at radius 2 is 1.63 bits per heavy atom. The second-order valence-corrected chi connectivity index (χ2v) is 21.2. The van der Waals surface area contributed by atoms with Gasteiger partial charge in [-0.1, -0.05) is 48.9 Å². The zero-order valence-corrected chi connectivity index (χ0v) is 41.9. The van der Waals surface area contributed by atoms with E-state index in [4.69, 9.17) is 26.8 Å². The molecule has 0 spiro atoms. The summed E-state index contributed by atoms with van der Waals surface area (Å²) in [7, 11) is 0. The number of carbonyl (C=O) groups excluding carboxylic acids is 4. The van der Waals surface area contributed by atoms with E-state index in [9.17, 15) is 24.3 Å². The van der Waals surface area contributed by atoms with Crippen LogP contribution in [0.25, 0.3) is 21.2 Å². The van der Waals surface area contributed by atoms with Crippen molar-refractivity contribution < 1.29 is 51.3 Å². The number of thiophene rings is 1. The number of halogens is 5. The first-order valence-electron chi connectivity index (χ1n) is 25.1. The van der Waals surface area contributed by atoms with Crippen molar-refractivity contribution in [2.45, 2.75) is 94.2 Å². The lowest BCUT2D eigenvalue weighted by Crippen LogP contribution is -2.51. The molecule has 5 amide bonds. The molecule has 10 rings (SSSR count). The van der Waals surface area contributed by atoms with Gasteiger partial charge in [-0.05, 0) is 94.1 Å². The van der Waals surface area contributed by atoms with Gasteiger partial charge in [-0.2, -0.15) is 0 Å². The van der Waals surface area contributed by atoms with Crippen LogP contribution in [0.1, 0.15) is 104 Å². The topological polar surface area (TPSA) is 167 Å². The maximum atomic E-state index is 16.5. The number of carbonyl (C=O) groups is 4. The summed E-state index contributed by atoms with van der Waals surface area (Å²) >= 11 is 7.84. The van der Waals surface area contributed by atoms with Gasteiger partial charge in [-0.25, -0.2) is 22.4 Å². The monoisotopic (exact) mass is 1040 g/mol. The van der Waals surface area contributed by atoms with Crippen LogP contribution in [0.15, 0.2) is 60.0 Å². The predicted molar refractivity (Wildman–Crippen MR) is 269 cm³/mol. The van der Waals surface area contributed by atoms with Crippen molar-refractivity contribution in [2.24, 2.45) is 11.7 Å². The minimum atomic E-state index is -1.13. The first kappa shape index (κ1) is 50.7. The number of primary amides is 1. The van der Waals surface area contributed by atoms with Crippen molar-refractivity contribution in [3.8, 4) is 22.6 Å². The van der Waals surface area contributed by atoms with Crippen molar-refractivity contribution >= 4 is 62.5 Å². The van der Waals surface area contributed by atoms with E-state index in [2.05, 4.69) is 15.5 Å². The Balaban J connectivity index is 0.755. The van der Waals surface area contributed by atoms with E-state index in [-0.39, 0.29) is 95.6 Å². The summed E-state index contributed by atoms with van der Waals surface area (Å²) in [5.41, 5.74) is 5.64. The number of hydrogen-bond acceptors (Lipinski definition) is 10. The fraction of sp³-hybridized carbons (Fsp3) is 0.444. The number of aliphatic hydroxyl groups excluding tert-OH is 1. The lowest BCUT2D eigenvalue weighted by Gasteiger charge is -2.43. The molecule has 13 nitrogen and oxygen atoms in total. The summed E-state index contributed by atoms with van der Waals surface area (Å²) in [5.74, 6) is -5.39. The van der Waals surface area contributed by atoms with E-state index in [0.29, 0.717) is 73.2 Å². The Hall–Kier alpha value is -5.79. The number of nitrogens with two attached hydrogens (primary N) is 1. The number of nitrogens with zero attached hydrogens (tertiary/aromatic N) is 3. The summed E-state index contributed by atoms with van der Waals surface area (Å²) in [6.07, 6.45) is 5.76. The number of amides is 5. The summed E-state index contributed by atoms with van der Waals surface area (Å²) in [5, 5.41) is 16.9. The van der Waals surface area contributed by atoms with E-state index in [1.54, 1.807) is 5.38 Å². The Morgan fingerprint density at radius 3 is 2.32 bits per heavy atom. The average Bonchev–Trinajstić information content (AvgIpc) is 3.94. The highest BCUT2D eigenvalue weighted by molar-refractivity contribution is 7.17. The van der Waals surface area contributed by atoms with Crippen LogP contribution < -0.4 is 30.7 Å². The van der Waals surface area contributed by atoms with Gasteiger partial charge in [0, 0.05) is 95.6 Å². The standard InChI is InChI=1S/C54H57ClF4N6O7S/c1-29-43-41(26-38(57)47(55)46(43)45-35(51(60)68)11-12-40(48(45)58)71-24-23-66)72-54(29,32-5-3-2-4-6-32)28-61-33-9-7-31(8-10-33)52(69)64-20-15-34(16-21-64)63-18-13-30(14-19-63)44-37(56)25-36-39(27-73-50(36)49(44)59)65-22-17-42(67)62-53(65)70/h2-6,11-12,25-27,29-31,33-34,61,66H,7-10,13-24,28H2,1H3,(H2,60,68)(H,62,67,70)/t29-,31?,33?,54-/m0/s1. The number of urea groups is 1. The molecule has 1 aromatic heterocycles. The molecular formula is C54H57ClF4N6O7S. The van der Waals surface area contributed by atoms with Gasteiger partial charge in [0.25, 0.3) is 0 Å². The molecule has 1 saturated carbocycles. The molecule has 0 radical (unpaired) electrons. The molecule has 4 aliphatic heterocycles. The van der Waals surface area contributed by atoms with E-state index >= 15 is 17.6 Å². The van der Waals surface area contributed by atoms with Crippen molar-refractivity contribution in [2.75, 3.05) is 57.4 Å². The lowest BCUT2D eigenvalue weighted by atomic mass is 9.77. The summed E-state index contributed by atoms with van der Waals surface area (Å²) in [6, 6.07) is 14.2. The van der Waals surface area contributed by atoms with Crippen LogP contribution in [0.5, 0.6) is 11.5 Å². The largest absolute Gasteiger partial charge is 0.488 e. The molecule has 3 saturated heterocycles. The number of nitrogens with one attached hydrogen (secondary N) is 2. The summed E-state index contributed by atoms with van der Waals surface area (Å²) < 4.78 is 76.8. The third kappa shape index (κ3) is 9.42. The molecule has 73 heavy (non-hydrogen) atoms. The number of piperidine rings is 2. The molecule has 0 unspecified atom stereocenters. The maximum absolute atomic E-state index is 16.5. The highest BCUT2D eigenvalue weighted by Gasteiger charge is 2.50. The number of rotatable bonds is 13. The molecule has 5 heterocycles. The predicted octanol–water partition coefficient (Wildman–Crippen LogP) is 9.10. The Morgan fingerprint density at radius 1 is 0.904 bits per heavy atom. The van der Waals surface area contributed by atoms with Gasteiger partial charge in [0.05, 0.1) is 27.6 Å². The highest BCUT2D eigenvalue weighted by atomic mass is 35.5. The molecular weight excluding hydrogens is 988 g/mol. The molecule has 19 heteroatoms. The molecule has 0 bridgehead atoms. The summed E-state index contributed by atoms with van der Waals surface area (Å²) in [6.45, 7) is 4.32. The van der Waals surface area contributed by atoms with Crippen LogP contribution in [0.4, 0.5) is 28.0 Å². The van der Waals surface area contributed by atoms with Gasteiger partial charge in [-0.15, -0.1) is 11.3 Å². The highest BCUT2D eigenvalue weighted by Crippen LogP contribution is 2.57. The Kier molecular flexibility index (Phi) is 14.5. The number of ether oxygens (including phenoxy) is 2. The number of aliphatic hydroxyl groups is 1. The second kappa shape index (κ2) is 20.8. The molecule has 4 aromatic carbocycles. The molecule has 4 fully saturated rings. The van der Waals surface area contributed by atoms with Crippen LogP contribution in [-0.4, -0.2) is 103 Å². The van der Waals surface area contributed by atoms with Crippen molar-refractivity contribution in [3.63, 3.8) is 0 Å². The quantitative estimate of drug-likeness (QED) is 0.0842. The normalized spacial score (nSPS) is 23.1. The Labute approximate surface area is 428 Å². The number of likely N-dealkylation sites (tertiary alicyclic amines) is 2. The average molecular weight is 1050 g/mol. The SMILES string of the molecule is C[C@H]1c2c(cc(F)c(Cl)c2-c2c(C(N)=O)ccc(OCCO)c2F)O[C@]1(CNC1CCC(C(=O)N2CCC(N3CCC(c4c(F)cc5c(N6CCC(=O)NC6=O)csc5c4F)CC3)CC2)CC1)c1ccccc1. The third-order valence-electron chi connectivity index (χ3n) is 16.0. The van der Waals surface area contributed by atoms with Crippen LogP contribution in [0.2, 0.25) is 5.02 Å². The first-order valence-corrected chi connectivity index (χ1v) is 26.3.